The molecule has 0 aromatic rings. The van der Waals surface area contributed by atoms with E-state index in [4.69, 9.17) is 18.9 Å². The predicted octanol–water partition coefficient (Wildman–Crippen LogP) is 28.9. The van der Waals surface area contributed by atoms with Gasteiger partial charge in [0, 0.05) is 12.8 Å². The third-order valence-electron chi connectivity index (χ3n) is 20.9. The van der Waals surface area contributed by atoms with E-state index < -0.39 is 24.3 Å². The number of carboxylic acids is 1. The molecule has 614 valence electrons. The smallest absolute Gasteiger partial charge is 0.306 e. The summed E-state index contributed by atoms with van der Waals surface area (Å²) in [5, 5.41) is 11.9. The summed E-state index contributed by atoms with van der Waals surface area (Å²) in [6, 6.07) is 0. The highest BCUT2D eigenvalue weighted by molar-refractivity contribution is 5.70. The Morgan fingerprint density at radius 3 is 0.810 bits per heavy atom. The van der Waals surface area contributed by atoms with Crippen molar-refractivity contribution in [1.82, 2.24) is 0 Å². The summed E-state index contributed by atoms with van der Waals surface area (Å²) in [7, 11) is 5.96. The van der Waals surface area contributed by atoms with Crippen LogP contribution in [0, 0.1) is 0 Å². The van der Waals surface area contributed by atoms with Gasteiger partial charge in [-0.3, -0.25) is 9.59 Å². The quantitative estimate of drug-likeness (QED) is 0.0195. The molecule has 0 N–H and O–H groups in total. The Kier molecular flexibility index (Phi) is 83.6. The van der Waals surface area contributed by atoms with Gasteiger partial charge in [0.25, 0.3) is 0 Å². The minimum atomic E-state index is -1.62. The number of allylic oxidation sites excluding steroid dienone is 12. The van der Waals surface area contributed by atoms with Crippen LogP contribution in [0.15, 0.2) is 72.9 Å². The Bertz CT molecular complexity index is 1970. The fourth-order valence-corrected chi connectivity index (χ4v) is 14.0. The Balaban J connectivity index is 3.88. The van der Waals surface area contributed by atoms with Crippen LogP contribution in [0.4, 0.5) is 0 Å². The maximum atomic E-state index is 13.0. The number of carbonyl (C=O) groups excluding carboxylic acids is 3. The number of hydrogen-bond acceptors (Lipinski definition) is 8. The Morgan fingerprint density at radius 2 is 0.543 bits per heavy atom. The number of aliphatic carboxylic acids is 1. The minimum Gasteiger partial charge on any atom is -0.545 e. The van der Waals surface area contributed by atoms with Gasteiger partial charge in [0.05, 0.1) is 40.3 Å². The maximum absolute atomic E-state index is 13.0. The van der Waals surface area contributed by atoms with Gasteiger partial charge in [-0.25, -0.2) is 0 Å². The molecule has 0 aliphatic rings. The second kappa shape index (κ2) is 86.3. The molecule has 0 rings (SSSR count). The van der Waals surface area contributed by atoms with Gasteiger partial charge in [-0.05, 0) is 83.5 Å². The van der Waals surface area contributed by atoms with Crippen molar-refractivity contribution in [3.05, 3.63) is 72.9 Å². The summed E-state index contributed by atoms with van der Waals surface area (Å²) in [6.07, 6.45) is 115. The summed E-state index contributed by atoms with van der Waals surface area (Å²) < 4.78 is 22.9. The Hall–Kier alpha value is -3.27. The molecule has 0 fully saturated rings. The molecule has 105 heavy (non-hydrogen) atoms. The molecule has 9 heteroatoms. The average molecular weight is 1470 g/mol. The topological polar surface area (TPSA) is 111 Å². The lowest BCUT2D eigenvalue weighted by Crippen LogP contribution is -2.44. The summed E-state index contributed by atoms with van der Waals surface area (Å²) in [4.78, 5) is 37.7. The SMILES string of the molecule is CC/C=C\C/C=C\C/C=C\C/C=C\CCCCCCCCCCCCCCCCCCCCCCCCCCCCCCC(=O)OC(COC(=O)CCCCCCCCCCCCCCCCCCCCCCCCCCCCC/C=C\C/C=C\CCCCCCC)COC(OCC[N+](C)(C)C)C(=O)[O-]. The molecule has 0 radical (unpaired) electrons. The molecule has 0 spiro atoms. The fraction of sp³-hybridized carbons (Fsp3) is 0.844. The molecule has 0 saturated heterocycles. The highest BCUT2D eigenvalue weighted by Crippen LogP contribution is 2.21. The van der Waals surface area contributed by atoms with Crippen LogP contribution < -0.4 is 5.11 Å². The number of unbranched alkanes of at least 4 members (excludes halogenated alkanes) is 60. The number of esters is 2. The lowest BCUT2D eigenvalue weighted by molar-refractivity contribution is -0.870. The molecule has 9 nitrogen and oxygen atoms in total. The van der Waals surface area contributed by atoms with E-state index in [-0.39, 0.29) is 32.2 Å². The van der Waals surface area contributed by atoms with Crippen LogP contribution in [0.3, 0.4) is 0 Å². The standard InChI is InChI=1S/C96H177NO8/c1-6-8-10-12-14-16-18-20-22-24-26-28-30-32-34-36-38-40-42-44-46-47-49-51-53-55-57-59-61-63-65-67-69-71-73-75-77-79-81-83-85-87-94(99)105-92(91-104-96(95(100)101)102-89-88-97(3,4)5)90-103-93(98)86-84-82-80-78-76-74-72-70-68-66-64-62-60-58-56-54-52-50-48-45-43-41-39-37-35-33-31-29-27-25-23-21-19-17-15-13-11-9-7-2/h8,10,14,16,19-22,25-28,92,96H,6-7,9,11-13,15,17-18,23-24,29-91H2,1-5H3/b10-8-,16-14-,21-19-,22-20-,27-25-,28-26-. The van der Waals surface area contributed by atoms with E-state index in [0.29, 0.717) is 17.4 Å². The van der Waals surface area contributed by atoms with Crippen molar-refractivity contribution < 1.29 is 42.9 Å². The van der Waals surface area contributed by atoms with Crippen LogP contribution in [0.5, 0.6) is 0 Å². The first-order valence-corrected chi connectivity index (χ1v) is 46.1. The Labute approximate surface area is 653 Å². The highest BCUT2D eigenvalue weighted by Gasteiger charge is 2.22. The molecule has 0 amide bonds. The molecule has 0 aromatic carbocycles. The third-order valence-corrected chi connectivity index (χ3v) is 20.9. The summed E-state index contributed by atoms with van der Waals surface area (Å²) in [5.41, 5.74) is 0. The second-order valence-corrected chi connectivity index (χ2v) is 32.6. The van der Waals surface area contributed by atoms with Crippen LogP contribution in [-0.4, -0.2) is 82.3 Å². The lowest BCUT2D eigenvalue weighted by atomic mass is 10.0. The maximum Gasteiger partial charge on any atom is 0.306 e. The van der Waals surface area contributed by atoms with Gasteiger partial charge in [0.15, 0.2) is 12.4 Å². The first-order chi connectivity index (χ1) is 51.6. The van der Waals surface area contributed by atoms with Gasteiger partial charge in [0.2, 0.25) is 0 Å². The molecule has 0 saturated carbocycles. The molecule has 2 atom stereocenters. The zero-order valence-corrected chi connectivity index (χ0v) is 70.6. The van der Waals surface area contributed by atoms with Crippen LogP contribution >= 0.6 is 0 Å². The van der Waals surface area contributed by atoms with Gasteiger partial charge in [0.1, 0.15) is 13.2 Å². The van der Waals surface area contributed by atoms with Crippen molar-refractivity contribution in [2.24, 2.45) is 0 Å². The average Bonchev–Trinajstić information content (AvgIpc) is 1.18. The largest absolute Gasteiger partial charge is 0.545 e. The fourth-order valence-electron chi connectivity index (χ4n) is 14.0. The second-order valence-electron chi connectivity index (χ2n) is 32.6. The lowest BCUT2D eigenvalue weighted by Gasteiger charge is -2.26. The molecular weight excluding hydrogens is 1300 g/mol. The predicted molar refractivity (Wildman–Crippen MR) is 454 cm³/mol. The van der Waals surface area contributed by atoms with Crippen LogP contribution in [0.1, 0.15) is 463 Å². The third kappa shape index (κ3) is 87.8. The van der Waals surface area contributed by atoms with Crippen LogP contribution in [0.25, 0.3) is 0 Å². The highest BCUT2D eigenvalue weighted by atomic mass is 16.7. The van der Waals surface area contributed by atoms with Crippen molar-refractivity contribution in [1.29, 1.82) is 0 Å². The monoisotopic (exact) mass is 1470 g/mol. The van der Waals surface area contributed by atoms with Crippen LogP contribution in [-0.2, 0) is 33.3 Å². The van der Waals surface area contributed by atoms with E-state index in [1.165, 1.54) is 366 Å². The normalized spacial score (nSPS) is 12.9. The van der Waals surface area contributed by atoms with E-state index in [0.717, 1.165) is 70.6 Å². The first kappa shape index (κ1) is 102. The van der Waals surface area contributed by atoms with Gasteiger partial charge in [-0.1, -0.05) is 440 Å². The Morgan fingerprint density at radius 1 is 0.295 bits per heavy atom. The number of carboxylic acid groups (broad SMARTS) is 1. The van der Waals surface area contributed by atoms with Gasteiger partial charge in [-0.15, -0.1) is 0 Å². The van der Waals surface area contributed by atoms with Gasteiger partial charge < -0.3 is 33.3 Å². The molecular formula is C96H177NO8. The number of quaternary nitrogens is 1. The molecule has 0 aliphatic heterocycles. The number of hydrogen-bond donors (Lipinski definition) is 0. The van der Waals surface area contributed by atoms with E-state index in [1.807, 2.05) is 21.1 Å². The number of likely N-dealkylation sites (N-methyl/N-ethyl adjacent to an activating group) is 1. The summed E-state index contributed by atoms with van der Waals surface area (Å²) >= 11 is 0. The minimum absolute atomic E-state index is 0.151. The van der Waals surface area contributed by atoms with Crippen molar-refractivity contribution in [3.8, 4) is 0 Å². The zero-order valence-electron chi connectivity index (χ0n) is 70.6. The van der Waals surface area contributed by atoms with Crippen molar-refractivity contribution in [3.63, 3.8) is 0 Å². The summed E-state index contributed by atoms with van der Waals surface area (Å²) in [6.45, 7) is 4.70. The molecule has 0 aliphatic carbocycles. The van der Waals surface area contributed by atoms with E-state index >= 15 is 0 Å². The van der Waals surface area contributed by atoms with E-state index in [1.54, 1.807) is 0 Å². The van der Waals surface area contributed by atoms with E-state index in [9.17, 15) is 19.5 Å². The van der Waals surface area contributed by atoms with E-state index in [2.05, 4.69) is 86.8 Å². The van der Waals surface area contributed by atoms with Crippen molar-refractivity contribution in [2.75, 3.05) is 47.5 Å². The molecule has 0 bridgehead atoms. The van der Waals surface area contributed by atoms with Crippen molar-refractivity contribution in [2.45, 2.75) is 476 Å². The van der Waals surface area contributed by atoms with Crippen molar-refractivity contribution >= 4 is 17.9 Å². The molecule has 0 heterocycles. The number of nitrogens with zero attached hydrogens (tertiary/aromatic N) is 1. The molecule has 2 unspecified atom stereocenters. The van der Waals surface area contributed by atoms with Crippen LogP contribution in [0.2, 0.25) is 0 Å². The molecule has 0 aromatic heterocycles. The zero-order chi connectivity index (χ0) is 76.0. The first-order valence-electron chi connectivity index (χ1n) is 46.1. The van der Waals surface area contributed by atoms with Gasteiger partial charge in [-0.2, -0.15) is 0 Å². The number of ether oxygens (including phenoxy) is 4. The number of rotatable bonds is 87. The number of carbonyl (C=O) groups is 3. The van der Waals surface area contributed by atoms with Gasteiger partial charge >= 0.3 is 11.9 Å². The summed E-state index contributed by atoms with van der Waals surface area (Å²) in [5.74, 6) is -2.25.